The number of sulfone groups is 1. The van der Waals surface area contributed by atoms with Crippen LogP contribution in [0.3, 0.4) is 0 Å². The van der Waals surface area contributed by atoms with Gasteiger partial charge in [-0.15, -0.1) is 0 Å². The molecule has 0 bridgehead atoms. The second-order valence-corrected chi connectivity index (χ2v) is 7.88. The molecule has 3 N–H and O–H groups in total. The first-order valence-electron chi connectivity index (χ1n) is 6.92. The molecule has 1 aliphatic carbocycles. The number of hydrogen-bond acceptors (Lipinski definition) is 4. The van der Waals surface area contributed by atoms with E-state index in [0.29, 0.717) is 12.5 Å². The maximum absolute atomic E-state index is 12.3. The number of carbonyl (C=O) groups excluding carboxylic acids is 1. The highest BCUT2D eigenvalue weighted by Crippen LogP contribution is 2.32. The smallest absolute Gasteiger partial charge is 0.253 e. The van der Waals surface area contributed by atoms with Gasteiger partial charge in [0.15, 0.2) is 9.84 Å². The van der Waals surface area contributed by atoms with Crippen molar-refractivity contribution in [2.45, 2.75) is 30.7 Å². The minimum absolute atomic E-state index is 0.0246. The van der Waals surface area contributed by atoms with E-state index in [1.165, 1.54) is 18.2 Å². The molecule has 1 atom stereocenters. The van der Waals surface area contributed by atoms with Crippen molar-refractivity contribution < 1.29 is 13.2 Å². The summed E-state index contributed by atoms with van der Waals surface area (Å²) < 4.78 is 23.8. The molecule has 0 aliphatic heterocycles. The van der Waals surface area contributed by atoms with Crippen LogP contribution < -0.4 is 11.1 Å². The predicted octanol–water partition coefficient (Wildman–Crippen LogP) is 1.60. The summed E-state index contributed by atoms with van der Waals surface area (Å²) in [4.78, 5) is 12.4. The molecule has 0 spiro atoms. The Labute approximate surface area is 129 Å². The molecule has 1 amide bonds. The number of nitrogens with two attached hydrogens (primary N) is 1. The largest absolute Gasteiger partial charge is 0.348 e. The third-order valence-electron chi connectivity index (χ3n) is 3.68. The van der Waals surface area contributed by atoms with Gasteiger partial charge in [0.2, 0.25) is 0 Å². The van der Waals surface area contributed by atoms with E-state index in [9.17, 15) is 13.2 Å². The average Bonchev–Trinajstić information content (AvgIpc) is 3.29. The lowest BCUT2D eigenvalue weighted by Gasteiger charge is -2.17. The van der Waals surface area contributed by atoms with E-state index < -0.39 is 9.84 Å². The molecule has 1 fully saturated rings. The molecule has 7 heteroatoms. The van der Waals surface area contributed by atoms with Crippen LogP contribution in [0.4, 0.5) is 0 Å². The van der Waals surface area contributed by atoms with E-state index in [0.717, 1.165) is 12.8 Å². The van der Waals surface area contributed by atoms with Crippen LogP contribution in [0.25, 0.3) is 0 Å². The summed E-state index contributed by atoms with van der Waals surface area (Å²) in [7, 11) is -3.37. The summed E-state index contributed by atoms with van der Waals surface area (Å²) >= 11 is 6.02. The molecular formula is C14H19ClN2O3S. The van der Waals surface area contributed by atoms with Crippen LogP contribution >= 0.6 is 11.6 Å². The Bertz CT molecular complexity index is 642. The summed E-state index contributed by atoms with van der Waals surface area (Å²) in [5.41, 5.74) is 5.83. The van der Waals surface area contributed by atoms with E-state index in [2.05, 4.69) is 5.32 Å². The minimum atomic E-state index is -3.37. The van der Waals surface area contributed by atoms with Crippen molar-refractivity contribution in [2.75, 3.05) is 12.3 Å². The van der Waals surface area contributed by atoms with E-state index >= 15 is 0 Å². The van der Waals surface area contributed by atoms with Crippen LogP contribution in [0.2, 0.25) is 5.02 Å². The van der Waals surface area contributed by atoms with Gasteiger partial charge in [-0.05, 0) is 37.0 Å². The molecule has 1 unspecified atom stereocenters. The second-order valence-electron chi connectivity index (χ2n) is 5.20. The topological polar surface area (TPSA) is 89.3 Å². The number of hydrogen-bond donors (Lipinski definition) is 2. The third-order valence-corrected chi connectivity index (χ3v) is 5.74. The Morgan fingerprint density at radius 1 is 1.48 bits per heavy atom. The van der Waals surface area contributed by atoms with Gasteiger partial charge in [-0.2, -0.15) is 0 Å². The van der Waals surface area contributed by atoms with Crippen molar-refractivity contribution in [3.05, 3.63) is 28.8 Å². The van der Waals surface area contributed by atoms with Gasteiger partial charge in [0.05, 0.1) is 21.2 Å². The number of carbonyl (C=O) groups is 1. The second kappa shape index (κ2) is 6.34. The molecule has 116 valence electrons. The van der Waals surface area contributed by atoms with E-state index in [4.69, 9.17) is 17.3 Å². The minimum Gasteiger partial charge on any atom is -0.348 e. The molecule has 21 heavy (non-hydrogen) atoms. The standard InChI is InChI=1S/C14H19ClN2O3S/c1-2-21(19,20)10-5-6-12(15)11(7-10)14(18)17-13(8-16)9-3-4-9/h5-7,9,13H,2-4,8,16H2,1H3,(H,17,18). The SMILES string of the molecule is CCS(=O)(=O)c1ccc(Cl)c(C(=O)NC(CN)C2CC2)c1. The van der Waals surface area contributed by atoms with Gasteiger partial charge < -0.3 is 11.1 Å². The van der Waals surface area contributed by atoms with Crippen molar-refractivity contribution in [3.8, 4) is 0 Å². The molecule has 1 saturated carbocycles. The van der Waals surface area contributed by atoms with Crippen molar-refractivity contribution in [1.82, 2.24) is 5.32 Å². The van der Waals surface area contributed by atoms with Gasteiger partial charge in [-0.25, -0.2) is 8.42 Å². The van der Waals surface area contributed by atoms with Crippen LogP contribution in [0, 0.1) is 5.92 Å². The zero-order valence-corrected chi connectivity index (χ0v) is 13.4. The van der Waals surface area contributed by atoms with E-state index in [-0.39, 0.29) is 33.2 Å². The molecule has 0 aromatic heterocycles. The van der Waals surface area contributed by atoms with Gasteiger partial charge in [0, 0.05) is 12.6 Å². The number of nitrogens with one attached hydrogen (secondary N) is 1. The van der Waals surface area contributed by atoms with Gasteiger partial charge in [0.25, 0.3) is 5.91 Å². The third kappa shape index (κ3) is 3.75. The number of benzene rings is 1. The van der Waals surface area contributed by atoms with E-state index in [1.807, 2.05) is 0 Å². The van der Waals surface area contributed by atoms with Gasteiger partial charge in [-0.3, -0.25) is 4.79 Å². The first kappa shape index (κ1) is 16.3. The molecular weight excluding hydrogens is 312 g/mol. The fraction of sp³-hybridized carbons (Fsp3) is 0.500. The quantitative estimate of drug-likeness (QED) is 0.829. The van der Waals surface area contributed by atoms with Gasteiger partial charge in [-0.1, -0.05) is 18.5 Å². The number of amides is 1. The Hall–Kier alpha value is -1.11. The summed E-state index contributed by atoms with van der Waals surface area (Å²) in [6, 6.07) is 4.10. The zero-order valence-electron chi connectivity index (χ0n) is 11.8. The Kier molecular flexibility index (Phi) is 4.91. The molecule has 2 rings (SSSR count). The molecule has 0 radical (unpaired) electrons. The fourth-order valence-electron chi connectivity index (χ4n) is 2.15. The van der Waals surface area contributed by atoms with Gasteiger partial charge >= 0.3 is 0 Å². The van der Waals surface area contributed by atoms with E-state index in [1.54, 1.807) is 6.92 Å². The monoisotopic (exact) mass is 330 g/mol. The highest BCUT2D eigenvalue weighted by atomic mass is 35.5. The first-order valence-corrected chi connectivity index (χ1v) is 8.95. The summed E-state index contributed by atoms with van der Waals surface area (Å²) in [5, 5.41) is 3.07. The summed E-state index contributed by atoms with van der Waals surface area (Å²) in [5.74, 6) is 0.0132. The maximum atomic E-state index is 12.3. The highest BCUT2D eigenvalue weighted by molar-refractivity contribution is 7.91. The first-order chi connectivity index (χ1) is 9.89. The summed E-state index contributed by atoms with van der Waals surface area (Å²) in [6.07, 6.45) is 2.11. The van der Waals surface area contributed by atoms with Gasteiger partial charge in [0.1, 0.15) is 0 Å². The molecule has 0 saturated heterocycles. The Morgan fingerprint density at radius 2 is 2.14 bits per heavy atom. The predicted molar refractivity (Wildman–Crippen MR) is 82.2 cm³/mol. The lowest BCUT2D eigenvalue weighted by molar-refractivity contribution is 0.0933. The highest BCUT2D eigenvalue weighted by Gasteiger charge is 2.31. The fourth-order valence-corrected chi connectivity index (χ4v) is 3.26. The van der Waals surface area contributed by atoms with Crippen LogP contribution in [0.5, 0.6) is 0 Å². The van der Waals surface area contributed by atoms with Crippen molar-refractivity contribution in [1.29, 1.82) is 0 Å². The van der Waals surface area contributed by atoms with Crippen molar-refractivity contribution in [3.63, 3.8) is 0 Å². The molecule has 0 heterocycles. The molecule has 5 nitrogen and oxygen atoms in total. The summed E-state index contributed by atoms with van der Waals surface area (Å²) in [6.45, 7) is 1.92. The lowest BCUT2D eigenvalue weighted by Crippen LogP contribution is -2.41. The Balaban J connectivity index is 2.25. The zero-order chi connectivity index (χ0) is 15.6. The van der Waals surface area contributed by atoms with Crippen molar-refractivity contribution in [2.24, 2.45) is 11.7 Å². The Morgan fingerprint density at radius 3 is 2.67 bits per heavy atom. The lowest BCUT2D eigenvalue weighted by atomic mass is 10.1. The normalized spacial score (nSPS) is 16.5. The molecule has 1 aromatic rings. The number of halogens is 1. The van der Waals surface area contributed by atoms with Crippen LogP contribution in [-0.2, 0) is 9.84 Å². The van der Waals surface area contributed by atoms with Crippen LogP contribution in [0.1, 0.15) is 30.1 Å². The van der Waals surface area contributed by atoms with Crippen LogP contribution in [-0.4, -0.2) is 32.7 Å². The average molecular weight is 331 g/mol. The molecule has 1 aliphatic rings. The molecule has 1 aromatic carbocycles. The van der Waals surface area contributed by atoms with Crippen LogP contribution in [0.15, 0.2) is 23.1 Å². The van der Waals surface area contributed by atoms with Crippen molar-refractivity contribution >= 4 is 27.3 Å². The number of rotatable bonds is 6. The maximum Gasteiger partial charge on any atom is 0.253 e.